The van der Waals surface area contributed by atoms with Gasteiger partial charge in [0.1, 0.15) is 6.29 Å². The zero-order chi connectivity index (χ0) is 8.15. The minimum atomic E-state index is -0.342. The first kappa shape index (κ1) is 9.63. The summed E-state index contributed by atoms with van der Waals surface area (Å²) in [5.41, 5.74) is 0. The van der Waals surface area contributed by atoms with Crippen LogP contribution in [0.2, 0.25) is 0 Å². The molecule has 0 radical (unpaired) electrons. The van der Waals surface area contributed by atoms with Gasteiger partial charge in [-0.15, -0.1) is 0 Å². The molecule has 0 rings (SSSR count). The van der Waals surface area contributed by atoms with E-state index in [9.17, 15) is 9.90 Å². The van der Waals surface area contributed by atoms with E-state index in [1.807, 2.05) is 20.8 Å². The molecule has 0 fully saturated rings. The first-order chi connectivity index (χ1) is 4.59. The van der Waals surface area contributed by atoms with Crippen molar-refractivity contribution in [3.8, 4) is 0 Å². The standard InChI is InChI=1S/C8H16O2/c1-6(2)8(10)7(3)4-5-9/h5-8,10H,4H2,1-3H3/t7-,8+/m1/s1. The van der Waals surface area contributed by atoms with E-state index in [2.05, 4.69) is 0 Å². The molecule has 0 saturated carbocycles. The summed E-state index contributed by atoms with van der Waals surface area (Å²) < 4.78 is 0. The largest absolute Gasteiger partial charge is 0.393 e. The summed E-state index contributed by atoms with van der Waals surface area (Å²) in [6, 6.07) is 0. The minimum absolute atomic E-state index is 0.0949. The molecule has 0 heterocycles. The fraction of sp³-hybridized carbons (Fsp3) is 0.875. The van der Waals surface area contributed by atoms with Gasteiger partial charge in [-0.05, 0) is 11.8 Å². The van der Waals surface area contributed by atoms with Crippen molar-refractivity contribution in [1.29, 1.82) is 0 Å². The van der Waals surface area contributed by atoms with E-state index in [4.69, 9.17) is 0 Å². The van der Waals surface area contributed by atoms with Crippen molar-refractivity contribution in [2.75, 3.05) is 0 Å². The zero-order valence-corrected chi connectivity index (χ0v) is 6.87. The summed E-state index contributed by atoms with van der Waals surface area (Å²) in [5, 5.41) is 9.37. The van der Waals surface area contributed by atoms with Gasteiger partial charge in [-0.25, -0.2) is 0 Å². The van der Waals surface area contributed by atoms with Crippen molar-refractivity contribution >= 4 is 6.29 Å². The number of hydrogen-bond donors (Lipinski definition) is 1. The lowest BCUT2D eigenvalue weighted by Gasteiger charge is -2.19. The van der Waals surface area contributed by atoms with Gasteiger partial charge >= 0.3 is 0 Å². The normalized spacial score (nSPS) is 16.9. The minimum Gasteiger partial charge on any atom is -0.393 e. The van der Waals surface area contributed by atoms with Crippen LogP contribution in [-0.2, 0) is 4.79 Å². The number of aliphatic hydroxyl groups excluding tert-OH is 1. The lowest BCUT2D eigenvalue weighted by Crippen LogP contribution is -2.23. The van der Waals surface area contributed by atoms with E-state index in [0.29, 0.717) is 6.42 Å². The second-order valence-electron chi connectivity index (χ2n) is 3.11. The summed E-state index contributed by atoms with van der Waals surface area (Å²) in [4.78, 5) is 10.0. The van der Waals surface area contributed by atoms with Gasteiger partial charge in [0.25, 0.3) is 0 Å². The molecular weight excluding hydrogens is 128 g/mol. The maximum atomic E-state index is 10.0. The number of aldehydes is 1. The second-order valence-corrected chi connectivity index (χ2v) is 3.11. The number of hydrogen-bond acceptors (Lipinski definition) is 2. The zero-order valence-electron chi connectivity index (χ0n) is 6.87. The van der Waals surface area contributed by atoms with Crippen LogP contribution in [0.15, 0.2) is 0 Å². The van der Waals surface area contributed by atoms with E-state index in [1.165, 1.54) is 0 Å². The van der Waals surface area contributed by atoms with Crippen molar-refractivity contribution in [2.24, 2.45) is 11.8 Å². The first-order valence-corrected chi connectivity index (χ1v) is 3.71. The first-order valence-electron chi connectivity index (χ1n) is 3.71. The summed E-state index contributed by atoms with van der Waals surface area (Å²) in [6.45, 7) is 5.79. The molecule has 1 N–H and O–H groups in total. The Bertz CT molecular complexity index is 99.4. The SMILES string of the molecule is CC(C)[C@H](O)[C@H](C)CC=O. The van der Waals surface area contributed by atoms with Gasteiger partial charge in [-0.3, -0.25) is 0 Å². The molecule has 10 heavy (non-hydrogen) atoms. The van der Waals surface area contributed by atoms with Gasteiger partial charge in [-0.1, -0.05) is 20.8 Å². The quantitative estimate of drug-likeness (QED) is 0.602. The third kappa shape index (κ3) is 2.97. The van der Waals surface area contributed by atoms with Crippen LogP contribution >= 0.6 is 0 Å². The number of rotatable bonds is 4. The highest BCUT2D eigenvalue weighted by Gasteiger charge is 2.16. The van der Waals surface area contributed by atoms with Crippen LogP contribution in [0.25, 0.3) is 0 Å². The lowest BCUT2D eigenvalue weighted by atomic mass is 9.93. The highest BCUT2D eigenvalue weighted by molar-refractivity contribution is 5.49. The lowest BCUT2D eigenvalue weighted by molar-refractivity contribution is -0.109. The molecule has 0 aromatic rings. The molecule has 0 aromatic carbocycles. The Labute approximate surface area is 62.2 Å². The maximum absolute atomic E-state index is 10.0. The average molecular weight is 144 g/mol. The Morgan fingerprint density at radius 1 is 1.40 bits per heavy atom. The van der Waals surface area contributed by atoms with Crippen LogP contribution in [-0.4, -0.2) is 17.5 Å². The van der Waals surface area contributed by atoms with E-state index < -0.39 is 0 Å². The van der Waals surface area contributed by atoms with Crippen LogP contribution < -0.4 is 0 Å². The average Bonchev–Trinajstić information content (AvgIpc) is 1.87. The molecule has 0 aromatic heterocycles. The van der Waals surface area contributed by atoms with Crippen molar-refractivity contribution in [2.45, 2.75) is 33.3 Å². The Hall–Kier alpha value is -0.370. The van der Waals surface area contributed by atoms with Gasteiger partial charge in [0.2, 0.25) is 0 Å². The molecule has 0 unspecified atom stereocenters. The number of aliphatic hydroxyl groups is 1. The maximum Gasteiger partial charge on any atom is 0.120 e. The Morgan fingerprint density at radius 2 is 1.90 bits per heavy atom. The van der Waals surface area contributed by atoms with E-state index in [1.54, 1.807) is 0 Å². The Morgan fingerprint density at radius 3 is 2.20 bits per heavy atom. The fourth-order valence-electron chi connectivity index (χ4n) is 0.948. The molecule has 0 spiro atoms. The molecule has 0 saturated heterocycles. The topological polar surface area (TPSA) is 37.3 Å². The summed E-state index contributed by atoms with van der Waals surface area (Å²) in [5.74, 6) is 0.340. The van der Waals surface area contributed by atoms with Crippen LogP contribution in [0, 0.1) is 11.8 Å². The van der Waals surface area contributed by atoms with Gasteiger partial charge in [0.05, 0.1) is 6.10 Å². The summed E-state index contributed by atoms with van der Waals surface area (Å²) >= 11 is 0. The molecular formula is C8H16O2. The molecule has 0 amide bonds. The molecule has 0 bridgehead atoms. The predicted octanol–water partition coefficient (Wildman–Crippen LogP) is 1.23. The highest BCUT2D eigenvalue weighted by Crippen LogP contribution is 2.13. The molecule has 0 aliphatic carbocycles. The molecule has 2 atom stereocenters. The van der Waals surface area contributed by atoms with E-state index >= 15 is 0 Å². The number of carbonyl (C=O) groups is 1. The molecule has 2 heteroatoms. The van der Waals surface area contributed by atoms with E-state index in [-0.39, 0.29) is 17.9 Å². The van der Waals surface area contributed by atoms with Crippen molar-refractivity contribution in [1.82, 2.24) is 0 Å². The van der Waals surface area contributed by atoms with Crippen molar-refractivity contribution in [3.05, 3.63) is 0 Å². The van der Waals surface area contributed by atoms with Crippen LogP contribution in [0.4, 0.5) is 0 Å². The molecule has 60 valence electrons. The van der Waals surface area contributed by atoms with E-state index in [0.717, 1.165) is 6.29 Å². The molecule has 0 aliphatic rings. The third-order valence-corrected chi connectivity index (χ3v) is 1.73. The van der Waals surface area contributed by atoms with Crippen LogP contribution in [0.3, 0.4) is 0 Å². The Balaban J connectivity index is 3.68. The van der Waals surface area contributed by atoms with Crippen LogP contribution in [0.1, 0.15) is 27.2 Å². The highest BCUT2D eigenvalue weighted by atomic mass is 16.3. The Kier molecular flexibility index (Phi) is 4.28. The van der Waals surface area contributed by atoms with Gasteiger partial charge in [0.15, 0.2) is 0 Å². The smallest absolute Gasteiger partial charge is 0.120 e. The summed E-state index contributed by atoms with van der Waals surface area (Å²) in [7, 11) is 0. The van der Waals surface area contributed by atoms with Crippen molar-refractivity contribution in [3.63, 3.8) is 0 Å². The second kappa shape index (κ2) is 4.45. The monoisotopic (exact) mass is 144 g/mol. The molecule has 0 aliphatic heterocycles. The van der Waals surface area contributed by atoms with Crippen LogP contribution in [0.5, 0.6) is 0 Å². The van der Waals surface area contributed by atoms with Gasteiger partial charge < -0.3 is 9.90 Å². The van der Waals surface area contributed by atoms with Gasteiger partial charge in [-0.2, -0.15) is 0 Å². The van der Waals surface area contributed by atoms with Crippen molar-refractivity contribution < 1.29 is 9.90 Å². The fourth-order valence-corrected chi connectivity index (χ4v) is 0.948. The van der Waals surface area contributed by atoms with Gasteiger partial charge in [0, 0.05) is 6.42 Å². The molecule has 2 nitrogen and oxygen atoms in total. The summed E-state index contributed by atoms with van der Waals surface area (Å²) in [6.07, 6.45) is 0.973. The number of carbonyl (C=O) groups excluding carboxylic acids is 1. The predicted molar refractivity (Wildman–Crippen MR) is 40.7 cm³/mol. The third-order valence-electron chi connectivity index (χ3n) is 1.73.